The van der Waals surface area contributed by atoms with Crippen molar-refractivity contribution < 1.29 is 23.1 Å². The van der Waals surface area contributed by atoms with Crippen LogP contribution in [0, 0.1) is 0 Å². The second kappa shape index (κ2) is 8.90. The van der Waals surface area contributed by atoms with Crippen molar-refractivity contribution in [3.05, 3.63) is 42.1 Å². The summed E-state index contributed by atoms with van der Waals surface area (Å²) in [7, 11) is 1.37. The molecule has 0 aromatic carbocycles. The maximum Gasteiger partial charge on any atom is 0.424 e. The quantitative estimate of drug-likeness (QED) is 0.630. The van der Waals surface area contributed by atoms with Gasteiger partial charge in [-0.2, -0.15) is 13.2 Å². The van der Waals surface area contributed by atoms with Gasteiger partial charge in [-0.15, -0.1) is 0 Å². The zero-order valence-corrected chi connectivity index (χ0v) is 16.6. The highest BCUT2D eigenvalue weighted by molar-refractivity contribution is 5.73. The summed E-state index contributed by atoms with van der Waals surface area (Å²) in [6.45, 7) is 1.72. The van der Waals surface area contributed by atoms with E-state index in [-0.39, 0.29) is 13.1 Å². The molecule has 0 saturated carbocycles. The summed E-state index contributed by atoms with van der Waals surface area (Å²) >= 11 is 0. The number of nitrogens with one attached hydrogen (secondary N) is 2. The number of aliphatic hydroxyl groups is 1. The number of anilines is 1. The lowest BCUT2D eigenvalue weighted by Gasteiger charge is -2.29. The van der Waals surface area contributed by atoms with Crippen LogP contribution < -0.4 is 15.5 Å². The molecule has 164 valence electrons. The largest absolute Gasteiger partial charge is 0.424 e. The predicted octanol–water partition coefficient (Wildman–Crippen LogP) is 2.05. The Morgan fingerprint density at radius 1 is 1.20 bits per heavy atom. The Morgan fingerprint density at radius 2 is 1.93 bits per heavy atom. The van der Waals surface area contributed by atoms with Gasteiger partial charge >= 0.3 is 12.2 Å². The summed E-state index contributed by atoms with van der Waals surface area (Å²) in [4.78, 5) is 22.1. The number of halogens is 3. The van der Waals surface area contributed by atoms with Crippen LogP contribution in [0.3, 0.4) is 0 Å². The van der Waals surface area contributed by atoms with Gasteiger partial charge in [0.25, 0.3) is 0 Å². The number of carbonyl (C=O) groups excluding carboxylic acids is 1. The summed E-state index contributed by atoms with van der Waals surface area (Å²) in [5.74, 6) is 0.320. The minimum Gasteiger partial charge on any atom is -0.374 e. The molecule has 1 atom stereocenters. The van der Waals surface area contributed by atoms with E-state index < -0.39 is 30.1 Å². The topological polar surface area (TPSA) is 95.3 Å². The molecule has 0 radical (unpaired) electrons. The van der Waals surface area contributed by atoms with Gasteiger partial charge in [0.05, 0.1) is 0 Å². The molecule has 3 N–H and O–H groups in total. The first-order valence-electron chi connectivity index (χ1n) is 9.69. The van der Waals surface area contributed by atoms with Gasteiger partial charge in [-0.1, -0.05) is 0 Å². The van der Waals surface area contributed by atoms with Crippen molar-refractivity contribution in [3.63, 3.8) is 0 Å². The van der Waals surface area contributed by atoms with E-state index in [0.29, 0.717) is 0 Å². The Morgan fingerprint density at radius 3 is 2.57 bits per heavy atom. The molecule has 0 spiro atoms. The van der Waals surface area contributed by atoms with E-state index in [9.17, 15) is 23.1 Å². The number of imidazole rings is 1. The van der Waals surface area contributed by atoms with Crippen molar-refractivity contribution in [3.8, 4) is 0 Å². The molecule has 1 unspecified atom stereocenters. The molecule has 30 heavy (non-hydrogen) atoms. The molecule has 1 aliphatic rings. The van der Waals surface area contributed by atoms with Crippen molar-refractivity contribution in [1.82, 2.24) is 25.2 Å². The van der Waals surface area contributed by atoms with Gasteiger partial charge < -0.3 is 25.2 Å². The number of rotatable bonds is 7. The van der Waals surface area contributed by atoms with Crippen molar-refractivity contribution in [2.45, 2.75) is 37.6 Å². The van der Waals surface area contributed by atoms with Crippen LogP contribution in [0.15, 0.2) is 30.7 Å². The van der Waals surface area contributed by atoms with Crippen LogP contribution in [0.1, 0.15) is 30.7 Å². The van der Waals surface area contributed by atoms with E-state index in [0.717, 1.165) is 41.9 Å². The number of hydrogen-bond acceptors (Lipinski definition) is 5. The predicted molar refractivity (Wildman–Crippen MR) is 104 cm³/mol. The summed E-state index contributed by atoms with van der Waals surface area (Å²) in [5.41, 5.74) is -2.32. The standard InChI is InChI=1S/C19H25F3N6O2/c1-27-11-8-24-16(27)18(30,19(20,21)22)5-7-25-17(29)26-13-14-4-6-23-15(12-14)28-9-2-3-10-28/h4,6,8,11-12,30H,2-3,5,7,9-10,13H2,1H3,(H2,25,26,29). The highest BCUT2D eigenvalue weighted by atomic mass is 19.4. The summed E-state index contributed by atoms with van der Waals surface area (Å²) in [5, 5.41) is 15.2. The molecule has 1 saturated heterocycles. The molecule has 2 aromatic heterocycles. The van der Waals surface area contributed by atoms with E-state index in [1.54, 1.807) is 12.3 Å². The van der Waals surface area contributed by atoms with Crippen LogP contribution in [-0.4, -0.2) is 51.5 Å². The van der Waals surface area contributed by atoms with Gasteiger partial charge in [0, 0.05) is 58.2 Å². The molecular weight excluding hydrogens is 401 g/mol. The van der Waals surface area contributed by atoms with Gasteiger partial charge in [-0.25, -0.2) is 14.8 Å². The smallest absolute Gasteiger partial charge is 0.374 e. The third-order valence-electron chi connectivity index (χ3n) is 5.13. The third-order valence-corrected chi connectivity index (χ3v) is 5.13. The molecular formula is C19H25F3N6O2. The van der Waals surface area contributed by atoms with Crippen LogP contribution in [0.4, 0.5) is 23.8 Å². The Labute approximate surface area is 172 Å². The van der Waals surface area contributed by atoms with Gasteiger partial charge in [0.1, 0.15) is 11.6 Å². The van der Waals surface area contributed by atoms with Crippen molar-refractivity contribution in [1.29, 1.82) is 0 Å². The average Bonchev–Trinajstić information content (AvgIpc) is 3.37. The minimum absolute atomic E-state index is 0.206. The Hall–Kier alpha value is -2.82. The van der Waals surface area contributed by atoms with Crippen LogP contribution in [0.25, 0.3) is 0 Å². The summed E-state index contributed by atoms with van der Waals surface area (Å²) in [6.07, 6.45) is 0.703. The Bertz CT molecular complexity index is 866. The van der Waals surface area contributed by atoms with Crippen LogP contribution in [0.5, 0.6) is 0 Å². The lowest BCUT2D eigenvalue weighted by atomic mass is 9.97. The van der Waals surface area contributed by atoms with Crippen molar-refractivity contribution in [2.75, 3.05) is 24.5 Å². The number of aromatic nitrogens is 3. The molecule has 1 aliphatic heterocycles. The first-order chi connectivity index (χ1) is 14.2. The molecule has 11 heteroatoms. The fourth-order valence-electron chi connectivity index (χ4n) is 3.44. The number of carbonyl (C=O) groups is 1. The second-order valence-electron chi connectivity index (χ2n) is 7.30. The van der Waals surface area contributed by atoms with Gasteiger partial charge in [-0.05, 0) is 30.5 Å². The SMILES string of the molecule is Cn1ccnc1C(O)(CCNC(=O)NCc1ccnc(N2CCCC2)c1)C(F)(F)F. The highest BCUT2D eigenvalue weighted by Gasteiger charge is 2.57. The van der Waals surface area contributed by atoms with Crippen molar-refractivity contribution in [2.24, 2.45) is 7.05 Å². The lowest BCUT2D eigenvalue weighted by molar-refractivity contribution is -0.272. The number of amides is 2. The van der Waals surface area contributed by atoms with E-state index in [1.807, 2.05) is 6.07 Å². The number of pyridine rings is 1. The highest BCUT2D eigenvalue weighted by Crippen LogP contribution is 2.40. The second-order valence-corrected chi connectivity index (χ2v) is 7.30. The number of nitrogens with zero attached hydrogens (tertiary/aromatic N) is 4. The Balaban J connectivity index is 1.52. The average molecular weight is 426 g/mol. The minimum atomic E-state index is -4.94. The van der Waals surface area contributed by atoms with Crippen LogP contribution in [0.2, 0.25) is 0 Å². The summed E-state index contributed by atoms with van der Waals surface area (Å²) in [6, 6.07) is 3.03. The first-order valence-corrected chi connectivity index (χ1v) is 9.69. The van der Waals surface area contributed by atoms with Gasteiger partial charge in [-0.3, -0.25) is 0 Å². The van der Waals surface area contributed by atoms with Gasteiger partial charge in [0.15, 0.2) is 0 Å². The molecule has 8 nitrogen and oxygen atoms in total. The first kappa shape index (κ1) is 21.9. The number of hydrogen-bond donors (Lipinski definition) is 3. The zero-order chi connectivity index (χ0) is 21.8. The molecule has 0 aliphatic carbocycles. The van der Waals surface area contributed by atoms with Gasteiger partial charge in [0.2, 0.25) is 5.60 Å². The summed E-state index contributed by atoms with van der Waals surface area (Å²) < 4.78 is 41.5. The number of alkyl halides is 3. The molecule has 1 fully saturated rings. The fraction of sp³-hybridized carbons (Fsp3) is 0.526. The van der Waals surface area contributed by atoms with Crippen molar-refractivity contribution >= 4 is 11.8 Å². The third kappa shape index (κ3) is 4.84. The fourth-order valence-corrected chi connectivity index (χ4v) is 3.44. The molecule has 2 aromatic rings. The zero-order valence-electron chi connectivity index (χ0n) is 16.6. The van der Waals surface area contributed by atoms with E-state index >= 15 is 0 Å². The number of urea groups is 1. The molecule has 3 heterocycles. The maximum absolute atomic E-state index is 13.5. The molecule has 3 rings (SSSR count). The maximum atomic E-state index is 13.5. The molecule has 0 bridgehead atoms. The van der Waals surface area contributed by atoms with E-state index in [2.05, 4.69) is 25.5 Å². The lowest BCUT2D eigenvalue weighted by Crippen LogP contribution is -2.47. The number of aryl methyl sites for hydroxylation is 1. The van der Waals surface area contributed by atoms with E-state index in [1.165, 1.54) is 19.4 Å². The molecule has 2 amide bonds. The van der Waals surface area contributed by atoms with Crippen LogP contribution >= 0.6 is 0 Å². The van der Waals surface area contributed by atoms with Crippen LogP contribution in [-0.2, 0) is 19.2 Å². The Kier molecular flexibility index (Phi) is 6.49. The van der Waals surface area contributed by atoms with E-state index in [4.69, 9.17) is 0 Å². The normalized spacial score (nSPS) is 16.4. The monoisotopic (exact) mass is 426 g/mol.